The molecule has 0 fully saturated rings. The van der Waals surface area contributed by atoms with Gasteiger partial charge in [-0.2, -0.15) is 0 Å². The number of para-hydroxylation sites is 1. The van der Waals surface area contributed by atoms with E-state index in [0.29, 0.717) is 12.2 Å². The van der Waals surface area contributed by atoms with Crippen molar-refractivity contribution in [3.05, 3.63) is 47.0 Å². The topological polar surface area (TPSA) is 67.0 Å². The molecule has 0 saturated heterocycles. The van der Waals surface area contributed by atoms with Gasteiger partial charge in [-0.1, -0.05) is 12.1 Å². The van der Waals surface area contributed by atoms with Crippen LogP contribution in [-0.4, -0.2) is 28.5 Å². The molecule has 19 heavy (non-hydrogen) atoms. The number of carbonyl (C=O) groups is 1. The molecule has 100 valence electrons. The fraction of sp³-hybridized carbons (Fsp3) is 0.231. The Kier molecular flexibility index (Phi) is 4.57. The Balaban J connectivity index is 1.84. The highest BCUT2D eigenvalue weighted by Crippen LogP contribution is 2.24. The smallest absolute Gasteiger partial charge is 0.269 e. The predicted octanol–water partition coefficient (Wildman–Crippen LogP) is 2.37. The molecule has 1 aromatic heterocycles. The molecule has 0 aliphatic rings. The predicted molar refractivity (Wildman–Crippen MR) is 75.2 cm³/mol. The SMILES string of the molecule is CC(CNC(=O)c1cnc[nH]1)Oc1ccccc1Br. The van der Waals surface area contributed by atoms with Crippen LogP contribution < -0.4 is 10.1 Å². The highest BCUT2D eigenvalue weighted by atomic mass is 79.9. The molecule has 1 atom stereocenters. The standard InChI is InChI=1S/C13H14BrN3O2/c1-9(19-12-5-3-2-4-10(12)14)6-16-13(18)11-7-15-8-17-11/h2-5,7-9H,6H2,1H3,(H,15,17)(H,16,18). The summed E-state index contributed by atoms with van der Waals surface area (Å²) in [6.07, 6.45) is 2.82. The number of aromatic amines is 1. The van der Waals surface area contributed by atoms with Gasteiger partial charge >= 0.3 is 0 Å². The van der Waals surface area contributed by atoms with Gasteiger partial charge in [0.05, 0.1) is 23.5 Å². The van der Waals surface area contributed by atoms with Crippen molar-refractivity contribution in [2.45, 2.75) is 13.0 Å². The monoisotopic (exact) mass is 323 g/mol. The van der Waals surface area contributed by atoms with Gasteiger partial charge in [-0.15, -0.1) is 0 Å². The van der Waals surface area contributed by atoms with Crippen LogP contribution in [0.1, 0.15) is 17.4 Å². The van der Waals surface area contributed by atoms with Crippen LogP contribution in [0.4, 0.5) is 0 Å². The molecule has 1 aromatic carbocycles. The van der Waals surface area contributed by atoms with Crippen molar-refractivity contribution in [1.82, 2.24) is 15.3 Å². The minimum absolute atomic E-state index is 0.134. The van der Waals surface area contributed by atoms with Crippen molar-refractivity contribution >= 4 is 21.8 Å². The van der Waals surface area contributed by atoms with E-state index < -0.39 is 0 Å². The van der Waals surface area contributed by atoms with Crippen molar-refractivity contribution < 1.29 is 9.53 Å². The Bertz CT molecular complexity index is 543. The van der Waals surface area contributed by atoms with Gasteiger partial charge < -0.3 is 15.0 Å². The van der Waals surface area contributed by atoms with Gasteiger partial charge in [-0.05, 0) is 35.0 Å². The molecular formula is C13H14BrN3O2. The molecule has 1 amide bonds. The van der Waals surface area contributed by atoms with E-state index >= 15 is 0 Å². The average Bonchev–Trinajstić information content (AvgIpc) is 2.93. The first-order chi connectivity index (χ1) is 9.16. The van der Waals surface area contributed by atoms with Crippen LogP contribution in [0.2, 0.25) is 0 Å². The Morgan fingerprint density at radius 1 is 1.53 bits per heavy atom. The second-order valence-electron chi connectivity index (χ2n) is 4.03. The zero-order valence-electron chi connectivity index (χ0n) is 10.4. The third kappa shape index (κ3) is 3.82. The van der Waals surface area contributed by atoms with E-state index in [1.165, 1.54) is 12.5 Å². The van der Waals surface area contributed by atoms with Gasteiger partial charge in [0, 0.05) is 0 Å². The molecule has 2 N–H and O–H groups in total. The summed E-state index contributed by atoms with van der Waals surface area (Å²) in [4.78, 5) is 18.2. The molecule has 0 saturated carbocycles. The first kappa shape index (κ1) is 13.6. The minimum Gasteiger partial charge on any atom is -0.488 e. The summed E-state index contributed by atoms with van der Waals surface area (Å²) in [5.41, 5.74) is 0.438. The second kappa shape index (κ2) is 6.38. The number of aromatic nitrogens is 2. The van der Waals surface area contributed by atoms with E-state index in [1.54, 1.807) is 0 Å². The molecule has 0 spiro atoms. The summed E-state index contributed by atoms with van der Waals surface area (Å²) < 4.78 is 6.62. The quantitative estimate of drug-likeness (QED) is 0.887. The van der Waals surface area contributed by atoms with E-state index in [2.05, 4.69) is 31.2 Å². The van der Waals surface area contributed by atoms with E-state index in [4.69, 9.17) is 4.74 Å². The Labute approximate surface area is 119 Å². The second-order valence-corrected chi connectivity index (χ2v) is 4.89. The number of amides is 1. The van der Waals surface area contributed by atoms with Crippen molar-refractivity contribution in [3.63, 3.8) is 0 Å². The van der Waals surface area contributed by atoms with E-state index in [-0.39, 0.29) is 12.0 Å². The van der Waals surface area contributed by atoms with Gasteiger partial charge in [-0.25, -0.2) is 4.98 Å². The highest BCUT2D eigenvalue weighted by Gasteiger charge is 2.10. The lowest BCUT2D eigenvalue weighted by Crippen LogP contribution is -2.33. The van der Waals surface area contributed by atoms with E-state index in [9.17, 15) is 4.79 Å². The van der Waals surface area contributed by atoms with E-state index in [1.807, 2.05) is 31.2 Å². The molecule has 0 bridgehead atoms. The molecule has 0 radical (unpaired) electrons. The number of H-pyrrole nitrogens is 1. The number of benzene rings is 1. The third-order valence-corrected chi connectivity index (χ3v) is 3.11. The van der Waals surface area contributed by atoms with Gasteiger partial charge in [0.2, 0.25) is 0 Å². The van der Waals surface area contributed by atoms with Crippen LogP contribution in [0, 0.1) is 0 Å². The van der Waals surface area contributed by atoms with Crippen molar-refractivity contribution in [3.8, 4) is 5.75 Å². The van der Waals surface area contributed by atoms with E-state index in [0.717, 1.165) is 10.2 Å². The Morgan fingerprint density at radius 3 is 3.00 bits per heavy atom. The van der Waals surface area contributed by atoms with Crippen molar-refractivity contribution in [1.29, 1.82) is 0 Å². The average molecular weight is 324 g/mol. The van der Waals surface area contributed by atoms with Crippen LogP contribution in [0.5, 0.6) is 5.75 Å². The molecule has 2 rings (SSSR count). The maximum atomic E-state index is 11.7. The molecule has 1 heterocycles. The summed E-state index contributed by atoms with van der Waals surface area (Å²) in [5.74, 6) is 0.561. The molecule has 0 aliphatic heterocycles. The zero-order valence-corrected chi connectivity index (χ0v) is 12.0. The number of rotatable bonds is 5. The molecule has 6 heteroatoms. The summed E-state index contributed by atoms with van der Waals surface area (Å²) in [7, 11) is 0. The lowest BCUT2D eigenvalue weighted by atomic mass is 10.3. The van der Waals surface area contributed by atoms with Crippen molar-refractivity contribution in [2.75, 3.05) is 6.54 Å². The lowest BCUT2D eigenvalue weighted by molar-refractivity contribution is 0.0927. The number of nitrogens with zero attached hydrogens (tertiary/aromatic N) is 1. The number of hydrogen-bond acceptors (Lipinski definition) is 3. The number of imidazole rings is 1. The molecule has 5 nitrogen and oxygen atoms in total. The van der Waals surface area contributed by atoms with Gasteiger partial charge in [0.25, 0.3) is 5.91 Å². The first-order valence-electron chi connectivity index (χ1n) is 5.84. The van der Waals surface area contributed by atoms with Crippen LogP contribution in [0.3, 0.4) is 0 Å². The normalized spacial score (nSPS) is 11.9. The fourth-order valence-corrected chi connectivity index (χ4v) is 1.89. The summed E-state index contributed by atoms with van der Waals surface area (Å²) in [6.45, 7) is 2.31. The maximum Gasteiger partial charge on any atom is 0.269 e. The summed E-state index contributed by atoms with van der Waals surface area (Å²) in [5, 5.41) is 2.77. The number of carbonyl (C=O) groups excluding carboxylic acids is 1. The fourth-order valence-electron chi connectivity index (χ4n) is 1.51. The van der Waals surface area contributed by atoms with Gasteiger partial charge in [-0.3, -0.25) is 4.79 Å². The third-order valence-electron chi connectivity index (χ3n) is 2.46. The largest absolute Gasteiger partial charge is 0.488 e. The van der Waals surface area contributed by atoms with Gasteiger partial charge in [0.1, 0.15) is 17.5 Å². The maximum absolute atomic E-state index is 11.7. The number of hydrogen-bond donors (Lipinski definition) is 2. The van der Waals surface area contributed by atoms with Crippen LogP contribution in [-0.2, 0) is 0 Å². The molecule has 1 unspecified atom stereocenters. The molecular weight excluding hydrogens is 310 g/mol. The highest BCUT2D eigenvalue weighted by molar-refractivity contribution is 9.10. The summed E-state index contributed by atoms with van der Waals surface area (Å²) >= 11 is 3.41. The lowest BCUT2D eigenvalue weighted by Gasteiger charge is -2.16. The first-order valence-corrected chi connectivity index (χ1v) is 6.64. The van der Waals surface area contributed by atoms with Gasteiger partial charge in [0.15, 0.2) is 0 Å². The van der Waals surface area contributed by atoms with Crippen molar-refractivity contribution in [2.24, 2.45) is 0 Å². The molecule has 2 aromatic rings. The Morgan fingerprint density at radius 2 is 2.32 bits per heavy atom. The number of ether oxygens (including phenoxy) is 1. The van der Waals surface area contributed by atoms with Crippen LogP contribution in [0.15, 0.2) is 41.3 Å². The van der Waals surface area contributed by atoms with Crippen LogP contribution in [0.25, 0.3) is 0 Å². The minimum atomic E-state index is -0.194. The number of nitrogens with one attached hydrogen (secondary N) is 2. The number of halogens is 1. The molecule has 0 aliphatic carbocycles. The summed E-state index contributed by atoms with van der Waals surface area (Å²) in [6, 6.07) is 7.60. The zero-order chi connectivity index (χ0) is 13.7. The van der Waals surface area contributed by atoms with Crippen LogP contribution >= 0.6 is 15.9 Å². The Hall–Kier alpha value is -1.82.